The van der Waals surface area contributed by atoms with Gasteiger partial charge in [0, 0.05) is 31.0 Å². The van der Waals surface area contributed by atoms with Crippen LogP contribution in [0.1, 0.15) is 35.1 Å². The molecular formula is C26H30N2O9. The summed E-state index contributed by atoms with van der Waals surface area (Å²) in [6.07, 6.45) is -0.649. The van der Waals surface area contributed by atoms with Crippen LogP contribution in [-0.4, -0.2) is 69.8 Å². The molecule has 11 nitrogen and oxygen atoms in total. The van der Waals surface area contributed by atoms with E-state index in [0.717, 1.165) is 5.56 Å². The first-order valence-electron chi connectivity index (χ1n) is 12.0. The second-order valence-electron chi connectivity index (χ2n) is 9.27. The van der Waals surface area contributed by atoms with Crippen molar-refractivity contribution in [2.75, 3.05) is 47.8 Å². The first kappa shape index (κ1) is 24.8. The third kappa shape index (κ3) is 4.22. The van der Waals surface area contributed by atoms with Crippen molar-refractivity contribution in [3.05, 3.63) is 41.0 Å². The topological polar surface area (TPSA) is 139 Å². The molecule has 198 valence electrons. The summed E-state index contributed by atoms with van der Waals surface area (Å²) >= 11 is 0. The molecule has 4 atom stereocenters. The molecule has 1 unspecified atom stereocenters. The lowest BCUT2D eigenvalue weighted by molar-refractivity contribution is -0.141. The number of amides is 1. The van der Waals surface area contributed by atoms with Crippen LogP contribution in [0.4, 0.5) is 4.79 Å². The van der Waals surface area contributed by atoms with E-state index >= 15 is 0 Å². The lowest BCUT2D eigenvalue weighted by Gasteiger charge is -2.39. The van der Waals surface area contributed by atoms with E-state index in [1.807, 2.05) is 6.07 Å². The molecule has 3 aliphatic rings. The van der Waals surface area contributed by atoms with Gasteiger partial charge >= 0.3 is 12.1 Å². The van der Waals surface area contributed by atoms with Crippen molar-refractivity contribution in [2.24, 2.45) is 17.6 Å². The monoisotopic (exact) mass is 514 g/mol. The number of carbonyl (C=O) groups is 2. The SMILES string of the molecule is COc1cc([C@@H]2c3cc4c(cc3[C@@H](OC(=O)N(C)CCCN)C3COC(=O)[C@@H]32)OCO4)cc(OC)c1O. The van der Waals surface area contributed by atoms with Crippen LogP contribution in [-0.2, 0) is 14.3 Å². The van der Waals surface area contributed by atoms with E-state index in [1.165, 1.54) is 19.1 Å². The number of esters is 1. The van der Waals surface area contributed by atoms with Crippen molar-refractivity contribution in [1.29, 1.82) is 0 Å². The fraction of sp³-hybridized carbons (Fsp3) is 0.462. The number of hydrogen-bond donors (Lipinski definition) is 2. The van der Waals surface area contributed by atoms with Crippen molar-refractivity contribution in [3.63, 3.8) is 0 Å². The minimum Gasteiger partial charge on any atom is -0.502 e. The van der Waals surface area contributed by atoms with Crippen LogP contribution in [0, 0.1) is 11.8 Å². The molecule has 2 aromatic rings. The van der Waals surface area contributed by atoms with Crippen molar-refractivity contribution in [3.8, 4) is 28.7 Å². The highest BCUT2D eigenvalue weighted by atomic mass is 16.7. The maximum absolute atomic E-state index is 13.2. The molecule has 0 bridgehead atoms. The number of methoxy groups -OCH3 is 2. The normalized spacial score (nSPS) is 23.1. The highest BCUT2D eigenvalue weighted by Gasteiger charge is 2.54. The van der Waals surface area contributed by atoms with Crippen LogP contribution in [0.5, 0.6) is 28.7 Å². The minimum absolute atomic E-state index is 0.0604. The Labute approximate surface area is 213 Å². The van der Waals surface area contributed by atoms with Gasteiger partial charge in [0.25, 0.3) is 0 Å². The van der Waals surface area contributed by atoms with Crippen LogP contribution in [0.2, 0.25) is 0 Å². The molecule has 0 aromatic heterocycles. The molecule has 0 saturated carbocycles. The Bertz CT molecular complexity index is 1190. The molecule has 1 aliphatic carbocycles. The molecule has 3 N–H and O–H groups in total. The molecule has 5 rings (SSSR count). The number of ether oxygens (including phenoxy) is 6. The summed E-state index contributed by atoms with van der Waals surface area (Å²) in [4.78, 5) is 27.6. The molecule has 1 fully saturated rings. The van der Waals surface area contributed by atoms with E-state index in [9.17, 15) is 14.7 Å². The number of aromatic hydroxyl groups is 1. The Balaban J connectivity index is 1.64. The van der Waals surface area contributed by atoms with E-state index in [0.29, 0.717) is 42.1 Å². The van der Waals surface area contributed by atoms with Gasteiger partial charge in [-0.15, -0.1) is 0 Å². The van der Waals surface area contributed by atoms with Gasteiger partial charge in [0.1, 0.15) is 6.10 Å². The van der Waals surface area contributed by atoms with Crippen LogP contribution >= 0.6 is 0 Å². The second-order valence-corrected chi connectivity index (χ2v) is 9.27. The van der Waals surface area contributed by atoms with Gasteiger partial charge in [-0.1, -0.05) is 0 Å². The number of cyclic esters (lactones) is 1. The summed E-state index contributed by atoms with van der Waals surface area (Å²) in [5.41, 5.74) is 7.68. The van der Waals surface area contributed by atoms with Crippen molar-refractivity contribution < 1.29 is 43.1 Å². The largest absolute Gasteiger partial charge is 0.502 e. The standard InChI is InChI=1S/C26H30N2O9/c1-28(6-4-5-27)26(31)37-24-15-10-18-17(35-12-36-18)9-14(15)21(22-16(24)11-34-25(22)30)13-7-19(32-2)23(29)20(8-13)33-3/h7-10,16,21-22,24,29H,4-6,11-12,27H2,1-3H3/t16?,21-,22+,24-/m1/s1. The van der Waals surface area contributed by atoms with E-state index in [1.54, 1.807) is 25.2 Å². The van der Waals surface area contributed by atoms with Gasteiger partial charge in [-0.25, -0.2) is 4.79 Å². The molecule has 0 spiro atoms. The average Bonchev–Trinajstić information content (AvgIpc) is 3.52. The fourth-order valence-electron chi connectivity index (χ4n) is 5.37. The molecule has 37 heavy (non-hydrogen) atoms. The zero-order chi connectivity index (χ0) is 26.3. The summed E-state index contributed by atoms with van der Waals surface area (Å²) < 4.78 is 33.6. The first-order chi connectivity index (χ1) is 17.9. The predicted molar refractivity (Wildman–Crippen MR) is 129 cm³/mol. The molecular weight excluding hydrogens is 484 g/mol. The number of rotatable bonds is 7. The van der Waals surface area contributed by atoms with E-state index in [2.05, 4.69) is 0 Å². The van der Waals surface area contributed by atoms with E-state index in [4.69, 9.17) is 34.2 Å². The summed E-state index contributed by atoms with van der Waals surface area (Å²) in [7, 11) is 4.52. The minimum atomic E-state index is -0.758. The number of nitrogens with zero attached hydrogens (tertiary/aromatic N) is 1. The van der Waals surface area contributed by atoms with Crippen LogP contribution < -0.4 is 24.7 Å². The Hall–Kier alpha value is -3.86. The summed E-state index contributed by atoms with van der Waals surface area (Å²) in [6.45, 7) is 1.03. The van der Waals surface area contributed by atoms with Crippen molar-refractivity contribution in [2.45, 2.75) is 18.4 Å². The highest BCUT2D eigenvalue weighted by molar-refractivity contribution is 5.79. The summed E-state index contributed by atoms with van der Waals surface area (Å²) in [5, 5.41) is 10.5. The number of fused-ring (bicyclic) bond motifs is 3. The summed E-state index contributed by atoms with van der Waals surface area (Å²) in [6, 6.07) is 6.96. The van der Waals surface area contributed by atoms with Gasteiger partial charge in [0.05, 0.1) is 26.7 Å². The smallest absolute Gasteiger partial charge is 0.410 e. The summed E-state index contributed by atoms with van der Waals surface area (Å²) in [5.74, 6) is -0.727. The van der Waals surface area contributed by atoms with Gasteiger partial charge in [-0.05, 0) is 48.4 Å². The molecule has 2 aliphatic heterocycles. The Morgan fingerprint density at radius 3 is 2.35 bits per heavy atom. The van der Waals surface area contributed by atoms with Crippen LogP contribution in [0.3, 0.4) is 0 Å². The number of nitrogens with two attached hydrogens (primary N) is 1. The number of hydrogen-bond acceptors (Lipinski definition) is 10. The van der Waals surface area contributed by atoms with Crippen molar-refractivity contribution >= 4 is 12.1 Å². The molecule has 11 heteroatoms. The maximum Gasteiger partial charge on any atom is 0.410 e. The average molecular weight is 515 g/mol. The zero-order valence-electron chi connectivity index (χ0n) is 20.9. The quantitative estimate of drug-likeness (QED) is 0.530. The molecule has 0 radical (unpaired) electrons. The predicted octanol–water partition coefficient (Wildman–Crippen LogP) is 2.53. The number of carbonyl (C=O) groups excluding carboxylic acids is 2. The van der Waals surface area contributed by atoms with Crippen LogP contribution in [0.25, 0.3) is 0 Å². The van der Waals surface area contributed by atoms with Gasteiger partial charge in [-0.2, -0.15) is 0 Å². The van der Waals surface area contributed by atoms with Gasteiger partial charge in [0.2, 0.25) is 12.5 Å². The Kier molecular flexibility index (Phi) is 6.63. The molecule has 2 aromatic carbocycles. The maximum atomic E-state index is 13.2. The molecule has 1 saturated heterocycles. The highest BCUT2D eigenvalue weighted by Crippen LogP contribution is 2.56. The van der Waals surface area contributed by atoms with Crippen LogP contribution in [0.15, 0.2) is 24.3 Å². The van der Waals surface area contributed by atoms with E-state index < -0.39 is 35.9 Å². The third-order valence-electron chi connectivity index (χ3n) is 7.22. The van der Waals surface area contributed by atoms with Gasteiger partial charge in [-0.3, -0.25) is 4.79 Å². The Morgan fingerprint density at radius 1 is 1.08 bits per heavy atom. The lowest BCUT2D eigenvalue weighted by atomic mass is 9.66. The zero-order valence-corrected chi connectivity index (χ0v) is 20.9. The first-order valence-corrected chi connectivity index (χ1v) is 12.0. The van der Waals surface area contributed by atoms with Gasteiger partial charge in [0.15, 0.2) is 23.0 Å². The van der Waals surface area contributed by atoms with Gasteiger partial charge < -0.3 is 44.2 Å². The molecule has 2 heterocycles. The lowest BCUT2D eigenvalue weighted by Crippen LogP contribution is -2.39. The second kappa shape index (κ2) is 9.89. The molecule has 1 amide bonds. The fourth-order valence-corrected chi connectivity index (χ4v) is 5.37. The number of phenols is 1. The number of benzene rings is 2. The van der Waals surface area contributed by atoms with Crippen molar-refractivity contribution in [1.82, 2.24) is 4.90 Å². The Morgan fingerprint density at radius 2 is 1.73 bits per heavy atom. The third-order valence-corrected chi connectivity index (χ3v) is 7.22. The van der Waals surface area contributed by atoms with E-state index in [-0.39, 0.29) is 30.6 Å². The number of phenolic OH excluding ortho intramolecular Hbond substituents is 1.